The van der Waals surface area contributed by atoms with E-state index in [0.717, 1.165) is 43.9 Å². The van der Waals surface area contributed by atoms with Crippen molar-refractivity contribution < 1.29 is 9.90 Å². The van der Waals surface area contributed by atoms with Crippen LogP contribution in [0.2, 0.25) is 5.02 Å². The van der Waals surface area contributed by atoms with Gasteiger partial charge < -0.3 is 10.4 Å². The number of thiophene rings is 1. The Hall–Kier alpha value is -2.51. The summed E-state index contributed by atoms with van der Waals surface area (Å²) in [5.74, 6) is -0.336. The standard InChI is InChI=1S/C19H15ClN4O2S/c20-13-3-10-6-21-7-11(10)4-14(13)24-17-16-12-2-1-9(19(25)26)5-15(12)27-18(16)23-8-22-17/h3-4,7-9H,1-2,5-6H2,(H,25,26)(H,22,23,24)/t9-/m0/s1. The number of aliphatic imine (C=N–C) groups is 1. The van der Waals surface area contributed by atoms with Gasteiger partial charge in [-0.05, 0) is 48.1 Å². The Morgan fingerprint density at radius 2 is 2.22 bits per heavy atom. The van der Waals surface area contributed by atoms with Gasteiger partial charge >= 0.3 is 5.97 Å². The van der Waals surface area contributed by atoms with Crippen LogP contribution in [-0.4, -0.2) is 27.3 Å². The minimum atomic E-state index is -0.728. The molecule has 0 saturated carbocycles. The van der Waals surface area contributed by atoms with E-state index in [2.05, 4.69) is 20.3 Å². The maximum absolute atomic E-state index is 11.4. The Balaban J connectivity index is 1.57. The molecule has 3 heterocycles. The molecule has 8 heteroatoms. The van der Waals surface area contributed by atoms with Crippen molar-refractivity contribution in [2.45, 2.75) is 25.8 Å². The van der Waals surface area contributed by atoms with Crippen LogP contribution in [0, 0.1) is 5.92 Å². The molecule has 1 atom stereocenters. The van der Waals surface area contributed by atoms with Crippen molar-refractivity contribution >= 4 is 56.8 Å². The second-order valence-electron chi connectivity index (χ2n) is 6.81. The molecule has 136 valence electrons. The third-order valence-electron chi connectivity index (χ3n) is 5.17. The van der Waals surface area contributed by atoms with Gasteiger partial charge in [0, 0.05) is 11.1 Å². The first-order valence-corrected chi connectivity index (χ1v) is 9.87. The van der Waals surface area contributed by atoms with Gasteiger partial charge in [0.1, 0.15) is 17.0 Å². The van der Waals surface area contributed by atoms with Gasteiger partial charge in [-0.2, -0.15) is 0 Å². The predicted molar refractivity (Wildman–Crippen MR) is 107 cm³/mol. The van der Waals surface area contributed by atoms with Gasteiger partial charge in [0.15, 0.2) is 0 Å². The number of anilines is 2. The van der Waals surface area contributed by atoms with Crippen molar-refractivity contribution in [2.75, 3.05) is 5.32 Å². The maximum Gasteiger partial charge on any atom is 0.306 e. The van der Waals surface area contributed by atoms with Gasteiger partial charge in [0.05, 0.1) is 28.6 Å². The van der Waals surface area contributed by atoms with Gasteiger partial charge in [0.25, 0.3) is 0 Å². The zero-order valence-corrected chi connectivity index (χ0v) is 15.8. The van der Waals surface area contributed by atoms with E-state index >= 15 is 0 Å². The number of aromatic nitrogens is 2. The number of halogens is 1. The summed E-state index contributed by atoms with van der Waals surface area (Å²) >= 11 is 8.02. The van der Waals surface area contributed by atoms with Crippen LogP contribution in [0.3, 0.4) is 0 Å². The molecule has 27 heavy (non-hydrogen) atoms. The Bertz CT molecular complexity index is 1120. The number of nitrogens with one attached hydrogen (secondary N) is 1. The van der Waals surface area contributed by atoms with Crippen molar-refractivity contribution in [3.63, 3.8) is 0 Å². The highest BCUT2D eigenvalue weighted by Crippen LogP contribution is 2.41. The van der Waals surface area contributed by atoms with E-state index in [9.17, 15) is 9.90 Å². The van der Waals surface area contributed by atoms with E-state index in [1.54, 1.807) is 11.3 Å². The summed E-state index contributed by atoms with van der Waals surface area (Å²) in [6.07, 6.45) is 5.30. The largest absolute Gasteiger partial charge is 0.481 e. The number of hydrogen-bond donors (Lipinski definition) is 2. The Kier molecular flexibility index (Phi) is 3.87. The number of fused-ring (bicyclic) bond motifs is 4. The van der Waals surface area contributed by atoms with Crippen molar-refractivity contribution in [2.24, 2.45) is 10.9 Å². The lowest BCUT2D eigenvalue weighted by Crippen LogP contribution is -2.21. The second-order valence-corrected chi connectivity index (χ2v) is 8.30. The van der Waals surface area contributed by atoms with Crippen LogP contribution in [0.5, 0.6) is 0 Å². The number of nitrogens with zero attached hydrogens (tertiary/aromatic N) is 3. The summed E-state index contributed by atoms with van der Waals surface area (Å²) < 4.78 is 0. The fraction of sp³-hybridized carbons (Fsp3) is 0.263. The summed E-state index contributed by atoms with van der Waals surface area (Å²) in [6.45, 7) is 0.663. The molecule has 0 spiro atoms. The molecule has 0 bridgehead atoms. The number of aryl methyl sites for hydroxylation is 1. The van der Waals surface area contributed by atoms with Crippen LogP contribution in [0.15, 0.2) is 23.5 Å². The lowest BCUT2D eigenvalue weighted by atomic mass is 9.88. The van der Waals surface area contributed by atoms with Crippen LogP contribution in [0.25, 0.3) is 10.2 Å². The number of hydrogen-bond acceptors (Lipinski definition) is 6. The minimum absolute atomic E-state index is 0.319. The minimum Gasteiger partial charge on any atom is -0.481 e. The number of carboxylic acid groups (broad SMARTS) is 1. The van der Waals surface area contributed by atoms with Gasteiger partial charge in [-0.15, -0.1) is 11.3 Å². The summed E-state index contributed by atoms with van der Waals surface area (Å²) in [5.41, 5.74) is 4.12. The summed E-state index contributed by atoms with van der Waals surface area (Å²) in [5, 5.41) is 14.3. The molecule has 6 nitrogen and oxygen atoms in total. The van der Waals surface area contributed by atoms with Gasteiger partial charge in [-0.3, -0.25) is 9.79 Å². The zero-order chi connectivity index (χ0) is 18.5. The second kappa shape index (κ2) is 6.28. The SMILES string of the molecule is O=C(O)[C@H]1CCc2c(sc3ncnc(Nc4cc5c(cc4Cl)CN=C5)c23)C1. The number of carbonyl (C=O) groups is 1. The van der Waals surface area contributed by atoms with Crippen molar-refractivity contribution in [3.8, 4) is 0 Å². The molecule has 0 radical (unpaired) electrons. The van der Waals surface area contributed by atoms with Gasteiger partial charge in [-0.25, -0.2) is 9.97 Å². The monoisotopic (exact) mass is 398 g/mol. The van der Waals surface area contributed by atoms with Crippen LogP contribution in [-0.2, 0) is 24.2 Å². The molecule has 3 aromatic rings. The normalized spacial score (nSPS) is 17.7. The zero-order valence-electron chi connectivity index (χ0n) is 14.2. The highest BCUT2D eigenvalue weighted by Gasteiger charge is 2.29. The van der Waals surface area contributed by atoms with E-state index in [1.165, 1.54) is 6.33 Å². The molecule has 1 aromatic carbocycles. The Morgan fingerprint density at radius 1 is 1.33 bits per heavy atom. The summed E-state index contributed by atoms with van der Waals surface area (Å²) in [7, 11) is 0. The Labute approximate surface area is 163 Å². The van der Waals surface area contributed by atoms with E-state index in [-0.39, 0.29) is 5.92 Å². The highest BCUT2D eigenvalue weighted by molar-refractivity contribution is 7.19. The van der Waals surface area contributed by atoms with E-state index in [4.69, 9.17) is 11.6 Å². The topological polar surface area (TPSA) is 87.5 Å². The number of rotatable bonds is 3. The predicted octanol–water partition coefficient (Wildman–Crippen LogP) is 4.21. The molecular formula is C19H15ClN4O2S. The fourth-order valence-corrected chi connectivity index (χ4v) is 5.27. The summed E-state index contributed by atoms with van der Waals surface area (Å²) in [4.78, 5) is 26.5. The van der Waals surface area contributed by atoms with Crippen LogP contribution >= 0.6 is 22.9 Å². The molecule has 0 saturated heterocycles. The number of benzene rings is 1. The van der Waals surface area contributed by atoms with Crippen LogP contribution in [0.1, 0.15) is 28.0 Å². The molecule has 2 aromatic heterocycles. The molecule has 0 fully saturated rings. The Morgan fingerprint density at radius 3 is 3.07 bits per heavy atom. The fourth-order valence-electron chi connectivity index (χ4n) is 3.77. The highest BCUT2D eigenvalue weighted by atomic mass is 35.5. The first kappa shape index (κ1) is 16.6. The lowest BCUT2D eigenvalue weighted by molar-refractivity contribution is -0.142. The molecule has 2 N–H and O–H groups in total. The third-order valence-corrected chi connectivity index (χ3v) is 6.64. The molecule has 1 aliphatic heterocycles. The van der Waals surface area contributed by atoms with Crippen molar-refractivity contribution in [1.29, 1.82) is 0 Å². The molecule has 0 unspecified atom stereocenters. The van der Waals surface area contributed by atoms with E-state index in [1.807, 2.05) is 18.3 Å². The third kappa shape index (κ3) is 2.78. The average Bonchev–Trinajstić information content (AvgIpc) is 3.25. The van der Waals surface area contributed by atoms with Crippen molar-refractivity contribution in [1.82, 2.24) is 9.97 Å². The number of aliphatic carboxylic acids is 1. The summed E-state index contributed by atoms with van der Waals surface area (Å²) in [6, 6.07) is 3.92. The van der Waals surface area contributed by atoms with Crippen LogP contribution < -0.4 is 5.32 Å². The first-order valence-electron chi connectivity index (χ1n) is 8.67. The molecule has 1 aliphatic carbocycles. The average molecular weight is 399 g/mol. The van der Waals surface area contributed by atoms with Crippen molar-refractivity contribution in [3.05, 3.63) is 45.1 Å². The van der Waals surface area contributed by atoms with Crippen LogP contribution in [0.4, 0.5) is 11.5 Å². The first-order chi connectivity index (χ1) is 13.1. The smallest absolute Gasteiger partial charge is 0.306 e. The molecule has 2 aliphatic rings. The lowest BCUT2D eigenvalue weighted by Gasteiger charge is -2.18. The molecule has 5 rings (SSSR count). The maximum atomic E-state index is 11.4. The number of carboxylic acids is 1. The molecule has 0 amide bonds. The van der Waals surface area contributed by atoms with Gasteiger partial charge in [-0.1, -0.05) is 11.6 Å². The van der Waals surface area contributed by atoms with E-state index < -0.39 is 5.97 Å². The van der Waals surface area contributed by atoms with Gasteiger partial charge in [0.2, 0.25) is 0 Å². The quantitative estimate of drug-likeness (QED) is 0.690. The van der Waals surface area contributed by atoms with E-state index in [0.29, 0.717) is 30.2 Å². The molecular weight excluding hydrogens is 384 g/mol.